The molecule has 4 rings (SSSR count). The SMILES string of the molecule is CCS(=O)(=O)N1CCC2(CC1)C(=O)N(C[C@H]1CCCO1)c1ccccc12. The van der Waals surface area contributed by atoms with Gasteiger partial charge in [0.15, 0.2) is 0 Å². The van der Waals surface area contributed by atoms with E-state index in [1.807, 2.05) is 29.2 Å². The Morgan fingerprint density at radius 2 is 1.96 bits per heavy atom. The van der Waals surface area contributed by atoms with Gasteiger partial charge in [0.2, 0.25) is 15.9 Å². The van der Waals surface area contributed by atoms with Gasteiger partial charge in [0, 0.05) is 25.4 Å². The summed E-state index contributed by atoms with van der Waals surface area (Å²) >= 11 is 0. The van der Waals surface area contributed by atoms with E-state index in [1.54, 1.807) is 6.92 Å². The van der Waals surface area contributed by atoms with Crippen LogP contribution in [-0.4, -0.2) is 56.7 Å². The number of hydrogen-bond donors (Lipinski definition) is 0. The predicted octanol–water partition coefficient (Wildman–Crippen LogP) is 1.90. The largest absolute Gasteiger partial charge is 0.376 e. The number of sulfonamides is 1. The summed E-state index contributed by atoms with van der Waals surface area (Å²) in [5.41, 5.74) is 1.44. The minimum Gasteiger partial charge on any atom is -0.376 e. The summed E-state index contributed by atoms with van der Waals surface area (Å²) < 4.78 is 31.7. The van der Waals surface area contributed by atoms with Crippen LogP contribution in [0.5, 0.6) is 0 Å². The molecule has 26 heavy (non-hydrogen) atoms. The summed E-state index contributed by atoms with van der Waals surface area (Å²) in [5, 5.41) is 0. The molecular weight excluding hydrogens is 352 g/mol. The van der Waals surface area contributed by atoms with Crippen LogP contribution in [0.15, 0.2) is 24.3 Å². The highest BCUT2D eigenvalue weighted by atomic mass is 32.2. The number of fused-ring (bicyclic) bond motifs is 2. The van der Waals surface area contributed by atoms with E-state index in [2.05, 4.69) is 0 Å². The van der Waals surface area contributed by atoms with E-state index >= 15 is 0 Å². The molecule has 1 aromatic carbocycles. The van der Waals surface area contributed by atoms with Gasteiger partial charge in [-0.15, -0.1) is 0 Å². The van der Waals surface area contributed by atoms with E-state index in [1.165, 1.54) is 4.31 Å². The Morgan fingerprint density at radius 3 is 2.62 bits per heavy atom. The maximum Gasteiger partial charge on any atom is 0.237 e. The fourth-order valence-electron chi connectivity index (χ4n) is 4.58. The third-order valence-electron chi connectivity index (χ3n) is 6.11. The smallest absolute Gasteiger partial charge is 0.237 e. The molecule has 3 heterocycles. The van der Waals surface area contributed by atoms with Crippen molar-refractivity contribution in [2.45, 2.75) is 44.1 Å². The first kappa shape index (κ1) is 17.9. The Labute approximate surface area is 155 Å². The van der Waals surface area contributed by atoms with Crippen LogP contribution in [0.4, 0.5) is 5.69 Å². The number of para-hydroxylation sites is 1. The van der Waals surface area contributed by atoms with Crippen LogP contribution in [0, 0.1) is 0 Å². The first-order valence-electron chi connectivity index (χ1n) is 9.49. The number of benzene rings is 1. The number of carbonyl (C=O) groups excluding carboxylic acids is 1. The van der Waals surface area contributed by atoms with Crippen molar-refractivity contribution in [2.75, 3.05) is 36.9 Å². The van der Waals surface area contributed by atoms with E-state index in [0.29, 0.717) is 32.5 Å². The van der Waals surface area contributed by atoms with Crippen LogP contribution in [-0.2, 0) is 25.0 Å². The Hall–Kier alpha value is -1.44. The number of nitrogens with zero attached hydrogens (tertiary/aromatic N) is 2. The summed E-state index contributed by atoms with van der Waals surface area (Å²) in [6, 6.07) is 7.97. The van der Waals surface area contributed by atoms with Crippen molar-refractivity contribution in [3.8, 4) is 0 Å². The molecule has 1 atom stereocenters. The second kappa shape index (κ2) is 6.62. The lowest BCUT2D eigenvalue weighted by molar-refractivity contribution is -0.124. The lowest BCUT2D eigenvalue weighted by Gasteiger charge is -2.37. The molecule has 6 nitrogen and oxygen atoms in total. The van der Waals surface area contributed by atoms with Gasteiger partial charge in [-0.2, -0.15) is 0 Å². The van der Waals surface area contributed by atoms with Gasteiger partial charge in [-0.25, -0.2) is 12.7 Å². The standard InChI is InChI=1S/C19H26N2O4S/c1-2-26(23,24)20-11-9-19(10-12-20)16-7-3-4-8-17(16)21(18(19)22)14-15-6-5-13-25-15/h3-4,7-8,15H,2,5-6,9-14H2,1H3/t15-/m1/s1. The van der Waals surface area contributed by atoms with E-state index in [4.69, 9.17) is 4.74 Å². The van der Waals surface area contributed by atoms with Crippen LogP contribution < -0.4 is 4.90 Å². The molecule has 3 aliphatic rings. The normalized spacial score (nSPS) is 25.8. The summed E-state index contributed by atoms with van der Waals surface area (Å²) in [6.45, 7) is 3.84. The third kappa shape index (κ3) is 2.77. The predicted molar refractivity (Wildman–Crippen MR) is 99.7 cm³/mol. The molecule has 3 aliphatic heterocycles. The highest BCUT2D eigenvalue weighted by Gasteiger charge is 2.53. The zero-order valence-corrected chi connectivity index (χ0v) is 16.0. The average molecular weight is 378 g/mol. The number of rotatable bonds is 4. The molecular formula is C19H26N2O4S. The maximum atomic E-state index is 13.5. The van der Waals surface area contributed by atoms with Crippen LogP contribution >= 0.6 is 0 Å². The fourth-order valence-corrected chi connectivity index (χ4v) is 5.69. The molecule has 0 N–H and O–H groups in total. The Balaban J connectivity index is 1.62. The summed E-state index contributed by atoms with van der Waals surface area (Å²) in [6.07, 6.45) is 3.22. The van der Waals surface area contributed by atoms with E-state index in [0.717, 1.165) is 30.7 Å². The van der Waals surface area contributed by atoms with Gasteiger partial charge in [-0.3, -0.25) is 4.79 Å². The fraction of sp³-hybridized carbons (Fsp3) is 0.632. The van der Waals surface area contributed by atoms with Gasteiger partial charge in [0.1, 0.15) is 0 Å². The Morgan fingerprint density at radius 1 is 1.23 bits per heavy atom. The van der Waals surface area contributed by atoms with Crippen molar-refractivity contribution in [1.82, 2.24) is 4.31 Å². The van der Waals surface area contributed by atoms with Crippen molar-refractivity contribution < 1.29 is 17.9 Å². The van der Waals surface area contributed by atoms with Gasteiger partial charge in [-0.1, -0.05) is 18.2 Å². The molecule has 0 saturated carbocycles. The van der Waals surface area contributed by atoms with Gasteiger partial charge in [0.25, 0.3) is 0 Å². The van der Waals surface area contributed by atoms with Crippen molar-refractivity contribution in [3.05, 3.63) is 29.8 Å². The lowest BCUT2D eigenvalue weighted by Crippen LogP contribution is -2.51. The molecule has 2 fully saturated rings. The van der Waals surface area contributed by atoms with Gasteiger partial charge < -0.3 is 9.64 Å². The molecule has 1 aromatic rings. The van der Waals surface area contributed by atoms with E-state index < -0.39 is 15.4 Å². The molecule has 0 bridgehead atoms. The van der Waals surface area contributed by atoms with Crippen molar-refractivity contribution in [1.29, 1.82) is 0 Å². The molecule has 0 radical (unpaired) electrons. The first-order valence-corrected chi connectivity index (χ1v) is 11.1. The highest BCUT2D eigenvalue weighted by Crippen LogP contribution is 2.48. The maximum absolute atomic E-state index is 13.5. The molecule has 0 unspecified atom stereocenters. The highest BCUT2D eigenvalue weighted by molar-refractivity contribution is 7.89. The Kier molecular flexibility index (Phi) is 4.57. The minimum atomic E-state index is -3.21. The van der Waals surface area contributed by atoms with E-state index in [-0.39, 0.29) is 17.8 Å². The molecule has 2 saturated heterocycles. The van der Waals surface area contributed by atoms with Crippen molar-refractivity contribution in [2.24, 2.45) is 0 Å². The van der Waals surface area contributed by atoms with Gasteiger partial charge >= 0.3 is 0 Å². The van der Waals surface area contributed by atoms with E-state index in [9.17, 15) is 13.2 Å². The molecule has 1 amide bonds. The monoisotopic (exact) mass is 378 g/mol. The lowest BCUT2D eigenvalue weighted by atomic mass is 9.74. The van der Waals surface area contributed by atoms with Gasteiger partial charge in [-0.05, 0) is 44.2 Å². The number of amides is 1. The van der Waals surface area contributed by atoms with Crippen LogP contribution in [0.25, 0.3) is 0 Å². The number of anilines is 1. The molecule has 142 valence electrons. The average Bonchev–Trinajstić information content (AvgIpc) is 3.25. The van der Waals surface area contributed by atoms with Crippen molar-refractivity contribution >= 4 is 21.6 Å². The number of piperidine rings is 1. The summed E-state index contributed by atoms with van der Waals surface area (Å²) in [7, 11) is -3.21. The second-order valence-electron chi connectivity index (χ2n) is 7.45. The summed E-state index contributed by atoms with van der Waals surface area (Å²) in [5.74, 6) is 0.220. The first-order chi connectivity index (χ1) is 12.5. The molecule has 0 aliphatic carbocycles. The van der Waals surface area contributed by atoms with Crippen molar-refractivity contribution in [3.63, 3.8) is 0 Å². The number of hydrogen-bond acceptors (Lipinski definition) is 4. The molecule has 1 spiro atoms. The topological polar surface area (TPSA) is 66.9 Å². The number of ether oxygens (including phenoxy) is 1. The summed E-state index contributed by atoms with van der Waals surface area (Å²) in [4.78, 5) is 15.3. The third-order valence-corrected chi connectivity index (χ3v) is 7.99. The van der Waals surface area contributed by atoms with Gasteiger partial charge in [0.05, 0.1) is 23.8 Å². The van der Waals surface area contributed by atoms with Crippen LogP contribution in [0.3, 0.4) is 0 Å². The zero-order chi connectivity index (χ0) is 18.4. The molecule has 0 aromatic heterocycles. The minimum absolute atomic E-state index is 0.0997. The second-order valence-corrected chi connectivity index (χ2v) is 9.71. The zero-order valence-electron chi connectivity index (χ0n) is 15.2. The Bertz CT molecular complexity index is 794. The van der Waals surface area contributed by atoms with Crippen LogP contribution in [0.2, 0.25) is 0 Å². The van der Waals surface area contributed by atoms with Crippen LogP contribution in [0.1, 0.15) is 38.2 Å². The quantitative estimate of drug-likeness (QED) is 0.803. The number of carbonyl (C=O) groups is 1. The molecule has 7 heteroatoms.